The molecule has 0 N–H and O–H groups in total. The average Bonchev–Trinajstić information content (AvgIpc) is 2.38. The van der Waals surface area contributed by atoms with E-state index in [9.17, 15) is 9.18 Å². The van der Waals surface area contributed by atoms with Crippen LogP contribution >= 0.6 is 23.2 Å². The first-order chi connectivity index (χ1) is 9.02. The molecule has 0 radical (unpaired) electrons. The number of methoxy groups -OCH3 is 1. The highest BCUT2D eigenvalue weighted by molar-refractivity contribution is 6.37. The molecule has 0 heterocycles. The fourth-order valence-corrected chi connectivity index (χ4v) is 2.12. The minimum atomic E-state index is -0.527. The third-order valence-corrected chi connectivity index (χ3v) is 3.14. The molecule has 0 atom stereocenters. The van der Waals surface area contributed by atoms with Crippen molar-refractivity contribution >= 4 is 29.0 Å². The van der Waals surface area contributed by atoms with Gasteiger partial charge in [0.1, 0.15) is 0 Å². The van der Waals surface area contributed by atoms with Crippen LogP contribution in [0.2, 0.25) is 10.0 Å². The van der Waals surface area contributed by atoms with E-state index in [4.69, 9.17) is 27.9 Å². The Hall–Kier alpha value is -1.58. The summed E-state index contributed by atoms with van der Waals surface area (Å²) >= 11 is 11.7. The molecule has 98 valence electrons. The Kier molecular flexibility index (Phi) is 4.08. The van der Waals surface area contributed by atoms with Crippen molar-refractivity contribution in [3.8, 4) is 5.75 Å². The van der Waals surface area contributed by atoms with Crippen LogP contribution in [0.15, 0.2) is 36.4 Å². The lowest BCUT2D eigenvalue weighted by atomic mass is 10.0. The highest BCUT2D eigenvalue weighted by Crippen LogP contribution is 2.25. The fourth-order valence-electron chi connectivity index (χ4n) is 1.63. The maximum atomic E-state index is 13.3. The molecule has 0 bridgehead atoms. The molecule has 0 amide bonds. The van der Waals surface area contributed by atoms with Crippen molar-refractivity contribution in [3.05, 3.63) is 63.4 Å². The normalized spacial score (nSPS) is 10.3. The van der Waals surface area contributed by atoms with Crippen molar-refractivity contribution in [1.82, 2.24) is 0 Å². The first-order valence-electron chi connectivity index (χ1n) is 5.36. The predicted molar refractivity (Wildman–Crippen MR) is 72.8 cm³/mol. The molecule has 0 fully saturated rings. The summed E-state index contributed by atoms with van der Waals surface area (Å²) in [5.41, 5.74) is 0.599. The van der Waals surface area contributed by atoms with Gasteiger partial charge in [-0.1, -0.05) is 23.2 Å². The highest BCUT2D eigenvalue weighted by Gasteiger charge is 2.15. The maximum Gasteiger partial charge on any atom is 0.194 e. The number of benzene rings is 2. The summed E-state index contributed by atoms with van der Waals surface area (Å²) in [5.74, 6) is -0.836. The van der Waals surface area contributed by atoms with Crippen molar-refractivity contribution in [3.63, 3.8) is 0 Å². The summed E-state index contributed by atoms with van der Waals surface area (Å²) in [6.07, 6.45) is 0. The Bertz CT molecular complexity index is 641. The zero-order chi connectivity index (χ0) is 14.0. The van der Waals surface area contributed by atoms with Gasteiger partial charge in [-0.15, -0.1) is 0 Å². The molecule has 0 saturated carbocycles. The Morgan fingerprint density at radius 1 is 1.16 bits per heavy atom. The minimum Gasteiger partial charge on any atom is -0.494 e. The topological polar surface area (TPSA) is 26.3 Å². The number of hydrogen-bond donors (Lipinski definition) is 0. The quantitative estimate of drug-likeness (QED) is 0.787. The van der Waals surface area contributed by atoms with Gasteiger partial charge < -0.3 is 4.74 Å². The van der Waals surface area contributed by atoms with Crippen LogP contribution in [0.4, 0.5) is 4.39 Å². The summed E-state index contributed by atoms with van der Waals surface area (Å²) in [4.78, 5) is 12.3. The van der Waals surface area contributed by atoms with Crippen molar-refractivity contribution in [1.29, 1.82) is 0 Å². The van der Waals surface area contributed by atoms with Crippen molar-refractivity contribution < 1.29 is 13.9 Å². The molecular formula is C14H9Cl2FO2. The Balaban J connectivity index is 2.44. The van der Waals surface area contributed by atoms with Gasteiger partial charge in [-0.2, -0.15) is 0 Å². The van der Waals surface area contributed by atoms with E-state index in [1.54, 1.807) is 6.07 Å². The predicted octanol–water partition coefficient (Wildman–Crippen LogP) is 4.37. The van der Waals surface area contributed by atoms with Gasteiger partial charge in [0.15, 0.2) is 17.3 Å². The Morgan fingerprint density at radius 3 is 2.53 bits per heavy atom. The molecular weight excluding hydrogens is 290 g/mol. The van der Waals surface area contributed by atoms with E-state index in [0.717, 1.165) is 0 Å². The number of ether oxygens (including phenoxy) is 1. The van der Waals surface area contributed by atoms with Crippen molar-refractivity contribution in [2.24, 2.45) is 0 Å². The molecule has 0 aliphatic carbocycles. The third-order valence-electron chi connectivity index (χ3n) is 2.59. The van der Waals surface area contributed by atoms with Crippen LogP contribution in [0.1, 0.15) is 15.9 Å². The monoisotopic (exact) mass is 298 g/mol. The van der Waals surface area contributed by atoms with E-state index in [2.05, 4.69) is 0 Å². The van der Waals surface area contributed by atoms with Crippen molar-refractivity contribution in [2.45, 2.75) is 0 Å². The summed E-state index contributed by atoms with van der Waals surface area (Å²) in [6.45, 7) is 0. The summed E-state index contributed by atoms with van der Waals surface area (Å²) in [7, 11) is 1.34. The van der Waals surface area contributed by atoms with E-state index < -0.39 is 5.82 Å². The van der Waals surface area contributed by atoms with E-state index in [-0.39, 0.29) is 16.6 Å². The van der Waals surface area contributed by atoms with Crippen molar-refractivity contribution in [2.75, 3.05) is 7.11 Å². The molecule has 0 aliphatic rings. The molecule has 0 spiro atoms. The number of hydrogen-bond acceptors (Lipinski definition) is 2. The number of halogens is 3. The third kappa shape index (κ3) is 2.88. The lowest BCUT2D eigenvalue weighted by Gasteiger charge is -2.07. The molecule has 2 rings (SSSR count). The van der Waals surface area contributed by atoms with E-state index >= 15 is 0 Å². The zero-order valence-electron chi connectivity index (χ0n) is 9.91. The lowest BCUT2D eigenvalue weighted by Crippen LogP contribution is -2.03. The fraction of sp³-hybridized carbons (Fsp3) is 0.0714. The number of carbonyl (C=O) groups is 1. The minimum absolute atomic E-state index is 0.0101. The van der Waals surface area contributed by atoms with Crippen LogP contribution in [0.25, 0.3) is 0 Å². The second-order valence-corrected chi connectivity index (χ2v) is 4.65. The number of rotatable bonds is 3. The molecule has 2 aromatic carbocycles. The summed E-state index contributed by atoms with van der Waals surface area (Å²) < 4.78 is 18.1. The van der Waals surface area contributed by atoms with Gasteiger partial charge in [0.25, 0.3) is 0 Å². The van der Waals surface area contributed by atoms with Crippen LogP contribution in [0.5, 0.6) is 5.75 Å². The average molecular weight is 299 g/mol. The smallest absolute Gasteiger partial charge is 0.194 e. The SMILES string of the molecule is COc1cc(C(=O)c2ccc(Cl)cc2Cl)ccc1F. The number of carbonyl (C=O) groups excluding carboxylic acids is 1. The van der Waals surface area contributed by atoms with Crippen LogP contribution in [0.3, 0.4) is 0 Å². The maximum absolute atomic E-state index is 13.3. The van der Waals surface area contributed by atoms with Gasteiger partial charge in [-0.05, 0) is 36.4 Å². The molecule has 0 unspecified atom stereocenters. The van der Waals surface area contributed by atoms with Gasteiger partial charge in [0, 0.05) is 16.1 Å². The van der Waals surface area contributed by atoms with Crippen LogP contribution in [0, 0.1) is 5.82 Å². The molecule has 5 heteroatoms. The Labute approximate surface area is 119 Å². The molecule has 0 aromatic heterocycles. The van der Waals surface area contributed by atoms with Gasteiger partial charge in [-0.3, -0.25) is 4.79 Å². The molecule has 0 saturated heterocycles. The lowest BCUT2D eigenvalue weighted by molar-refractivity contribution is 0.103. The molecule has 19 heavy (non-hydrogen) atoms. The zero-order valence-corrected chi connectivity index (χ0v) is 11.4. The largest absolute Gasteiger partial charge is 0.494 e. The van der Waals surface area contributed by atoms with Gasteiger partial charge in [-0.25, -0.2) is 4.39 Å². The first kappa shape index (κ1) is 13.8. The molecule has 2 nitrogen and oxygen atoms in total. The molecule has 2 aromatic rings. The summed E-state index contributed by atoms with van der Waals surface area (Å²) in [5, 5.41) is 0.694. The first-order valence-corrected chi connectivity index (χ1v) is 6.12. The van der Waals surface area contributed by atoms with Crippen LogP contribution < -0.4 is 4.74 Å². The highest BCUT2D eigenvalue weighted by atomic mass is 35.5. The van der Waals surface area contributed by atoms with Crippen LogP contribution in [-0.4, -0.2) is 12.9 Å². The molecule has 0 aliphatic heterocycles. The van der Waals surface area contributed by atoms with E-state index in [1.807, 2.05) is 0 Å². The van der Waals surface area contributed by atoms with Gasteiger partial charge in [0.2, 0.25) is 0 Å². The second kappa shape index (κ2) is 5.59. The second-order valence-electron chi connectivity index (χ2n) is 3.80. The Morgan fingerprint density at radius 2 is 1.89 bits per heavy atom. The van der Waals surface area contributed by atoms with Gasteiger partial charge >= 0.3 is 0 Å². The summed E-state index contributed by atoms with van der Waals surface area (Å²) in [6, 6.07) is 8.48. The number of ketones is 1. The van der Waals surface area contributed by atoms with Crippen LogP contribution in [-0.2, 0) is 0 Å². The standard InChI is InChI=1S/C14H9Cl2FO2/c1-19-13-6-8(2-5-12(13)17)14(18)10-4-3-9(15)7-11(10)16/h2-7H,1H3. The van der Waals surface area contributed by atoms with Gasteiger partial charge in [0.05, 0.1) is 12.1 Å². The van der Waals surface area contributed by atoms with E-state index in [1.165, 1.54) is 37.4 Å². The van der Waals surface area contributed by atoms with E-state index in [0.29, 0.717) is 16.1 Å².